The molecule has 0 bridgehead atoms. The Labute approximate surface area is 107 Å². The lowest BCUT2D eigenvalue weighted by Gasteiger charge is -2.02. The first-order chi connectivity index (χ1) is 8.54. The summed E-state index contributed by atoms with van der Waals surface area (Å²) >= 11 is 0. The van der Waals surface area contributed by atoms with Crippen molar-refractivity contribution in [3.05, 3.63) is 17.9 Å². The van der Waals surface area contributed by atoms with Gasteiger partial charge >= 0.3 is 5.97 Å². The summed E-state index contributed by atoms with van der Waals surface area (Å²) in [6, 6.07) is 2.52. The van der Waals surface area contributed by atoms with Crippen molar-refractivity contribution in [2.75, 3.05) is 12.3 Å². The van der Waals surface area contributed by atoms with Crippen molar-refractivity contribution in [2.24, 2.45) is 0 Å². The molecule has 1 heterocycles. The molecule has 1 atom stereocenters. The van der Waals surface area contributed by atoms with E-state index in [1.807, 2.05) is 6.92 Å². The standard InChI is InChI=1S/C11H15NO5S/c1-2-3-6-12-9(13)7-18(16)10-5-4-8(17-10)11(14)15/h4-5H,2-3,6-7H2,1H3,(H,12,13)(H,14,15). The van der Waals surface area contributed by atoms with Crippen molar-refractivity contribution in [3.8, 4) is 0 Å². The highest BCUT2D eigenvalue weighted by Gasteiger charge is 2.16. The summed E-state index contributed by atoms with van der Waals surface area (Å²) in [5.41, 5.74) is 0. The van der Waals surface area contributed by atoms with Crippen LogP contribution in [-0.4, -0.2) is 33.5 Å². The molecule has 0 saturated carbocycles. The molecular weight excluding hydrogens is 258 g/mol. The summed E-state index contributed by atoms with van der Waals surface area (Å²) in [5.74, 6) is -2.08. The topological polar surface area (TPSA) is 96.6 Å². The van der Waals surface area contributed by atoms with Crippen LogP contribution < -0.4 is 5.32 Å². The van der Waals surface area contributed by atoms with E-state index in [1.54, 1.807) is 0 Å². The Morgan fingerprint density at radius 3 is 2.72 bits per heavy atom. The molecule has 1 rings (SSSR count). The van der Waals surface area contributed by atoms with Gasteiger partial charge in [0.05, 0.1) is 10.8 Å². The predicted molar refractivity (Wildman–Crippen MR) is 64.9 cm³/mol. The van der Waals surface area contributed by atoms with Crippen LogP contribution in [0.15, 0.2) is 21.6 Å². The van der Waals surface area contributed by atoms with E-state index in [-0.39, 0.29) is 22.5 Å². The number of carboxylic acid groups (broad SMARTS) is 1. The molecular formula is C11H15NO5S. The Hall–Kier alpha value is -1.63. The zero-order chi connectivity index (χ0) is 13.5. The van der Waals surface area contributed by atoms with Crippen molar-refractivity contribution in [1.82, 2.24) is 5.32 Å². The molecule has 6 nitrogen and oxygen atoms in total. The molecule has 0 aliphatic heterocycles. The van der Waals surface area contributed by atoms with Crippen molar-refractivity contribution in [3.63, 3.8) is 0 Å². The molecule has 0 saturated heterocycles. The number of rotatable bonds is 7. The highest BCUT2D eigenvalue weighted by molar-refractivity contribution is 7.85. The fourth-order valence-corrected chi connectivity index (χ4v) is 2.09. The summed E-state index contributed by atoms with van der Waals surface area (Å²) in [5, 5.41) is 11.3. The first-order valence-electron chi connectivity index (χ1n) is 5.52. The molecule has 0 radical (unpaired) electrons. The Balaban J connectivity index is 2.49. The average Bonchev–Trinajstić information content (AvgIpc) is 2.78. The molecule has 1 unspecified atom stereocenters. The number of carbonyl (C=O) groups is 2. The lowest BCUT2D eigenvalue weighted by atomic mass is 10.3. The number of hydrogen-bond donors (Lipinski definition) is 2. The van der Waals surface area contributed by atoms with Gasteiger partial charge in [0.1, 0.15) is 5.75 Å². The summed E-state index contributed by atoms with van der Waals surface area (Å²) < 4.78 is 16.5. The number of carboxylic acids is 1. The van der Waals surface area contributed by atoms with Gasteiger partial charge in [0.2, 0.25) is 11.7 Å². The molecule has 100 valence electrons. The average molecular weight is 273 g/mol. The zero-order valence-electron chi connectivity index (χ0n) is 9.97. The van der Waals surface area contributed by atoms with Gasteiger partial charge in [0.15, 0.2) is 5.09 Å². The number of unbranched alkanes of at least 4 members (excludes halogenated alkanes) is 1. The van der Waals surface area contributed by atoms with Gasteiger partial charge in [0, 0.05) is 6.54 Å². The van der Waals surface area contributed by atoms with Gasteiger partial charge in [-0.05, 0) is 18.6 Å². The van der Waals surface area contributed by atoms with Crippen LogP contribution in [0.5, 0.6) is 0 Å². The summed E-state index contributed by atoms with van der Waals surface area (Å²) in [7, 11) is -1.66. The maximum atomic E-state index is 11.7. The molecule has 1 amide bonds. The number of carbonyl (C=O) groups excluding carboxylic acids is 1. The number of amides is 1. The van der Waals surface area contributed by atoms with Crippen molar-refractivity contribution in [1.29, 1.82) is 0 Å². The third-order valence-corrected chi connectivity index (χ3v) is 3.32. The summed E-state index contributed by atoms with van der Waals surface area (Å²) in [4.78, 5) is 21.9. The number of furan rings is 1. The van der Waals surface area contributed by atoms with Crippen LogP contribution in [0.1, 0.15) is 30.3 Å². The molecule has 2 N–H and O–H groups in total. The van der Waals surface area contributed by atoms with Gasteiger partial charge < -0.3 is 14.8 Å². The summed E-state index contributed by atoms with van der Waals surface area (Å²) in [6.07, 6.45) is 1.83. The van der Waals surface area contributed by atoms with E-state index in [0.717, 1.165) is 12.8 Å². The fourth-order valence-electron chi connectivity index (χ4n) is 1.20. The first-order valence-corrected chi connectivity index (χ1v) is 6.84. The second kappa shape index (κ2) is 6.95. The van der Waals surface area contributed by atoms with Gasteiger partial charge in [-0.1, -0.05) is 13.3 Å². The van der Waals surface area contributed by atoms with Crippen molar-refractivity contribution in [2.45, 2.75) is 24.9 Å². The smallest absolute Gasteiger partial charge is 0.371 e. The predicted octanol–water partition coefficient (Wildman–Crippen LogP) is 1.00. The maximum Gasteiger partial charge on any atom is 0.371 e. The molecule has 0 fully saturated rings. The SMILES string of the molecule is CCCCNC(=O)CS(=O)c1ccc(C(=O)O)o1. The highest BCUT2D eigenvalue weighted by Crippen LogP contribution is 2.12. The van der Waals surface area contributed by atoms with Crippen LogP contribution in [0.4, 0.5) is 0 Å². The van der Waals surface area contributed by atoms with Crippen molar-refractivity contribution < 1.29 is 23.3 Å². The Morgan fingerprint density at radius 2 is 2.17 bits per heavy atom. The number of hydrogen-bond acceptors (Lipinski definition) is 4. The lowest BCUT2D eigenvalue weighted by molar-refractivity contribution is -0.118. The van der Waals surface area contributed by atoms with Crippen molar-refractivity contribution >= 4 is 22.7 Å². The zero-order valence-corrected chi connectivity index (χ0v) is 10.8. The van der Waals surface area contributed by atoms with Crippen LogP contribution in [0.25, 0.3) is 0 Å². The minimum Gasteiger partial charge on any atom is -0.475 e. The van der Waals surface area contributed by atoms with E-state index in [4.69, 9.17) is 9.52 Å². The maximum absolute atomic E-state index is 11.7. The van der Waals surface area contributed by atoms with Gasteiger partial charge in [-0.3, -0.25) is 9.00 Å². The normalized spacial score (nSPS) is 12.1. The Kier molecular flexibility index (Phi) is 5.57. The van der Waals surface area contributed by atoms with Crippen LogP contribution in [0.2, 0.25) is 0 Å². The van der Waals surface area contributed by atoms with Gasteiger partial charge in [-0.15, -0.1) is 0 Å². The minimum absolute atomic E-state index is 0.00181. The lowest BCUT2D eigenvalue weighted by Crippen LogP contribution is -2.29. The highest BCUT2D eigenvalue weighted by atomic mass is 32.2. The van der Waals surface area contributed by atoms with E-state index in [0.29, 0.717) is 6.54 Å². The van der Waals surface area contributed by atoms with Crippen LogP contribution >= 0.6 is 0 Å². The molecule has 0 aliphatic rings. The molecule has 0 aliphatic carbocycles. The third kappa shape index (κ3) is 4.33. The minimum atomic E-state index is -1.66. The first kappa shape index (κ1) is 14.4. The second-order valence-electron chi connectivity index (χ2n) is 3.62. The largest absolute Gasteiger partial charge is 0.475 e. The van der Waals surface area contributed by atoms with Gasteiger partial charge in [-0.25, -0.2) is 4.79 Å². The molecule has 1 aromatic rings. The molecule has 0 spiro atoms. The van der Waals surface area contributed by atoms with E-state index < -0.39 is 16.8 Å². The van der Waals surface area contributed by atoms with E-state index >= 15 is 0 Å². The Bertz CT molecular complexity index is 454. The quantitative estimate of drug-likeness (QED) is 0.722. The monoisotopic (exact) mass is 273 g/mol. The van der Waals surface area contributed by atoms with Gasteiger partial charge in [0.25, 0.3) is 0 Å². The number of nitrogens with one attached hydrogen (secondary N) is 1. The van der Waals surface area contributed by atoms with Crippen LogP contribution in [0, 0.1) is 0 Å². The van der Waals surface area contributed by atoms with Crippen LogP contribution in [-0.2, 0) is 15.6 Å². The molecule has 0 aromatic carbocycles. The third-order valence-electron chi connectivity index (χ3n) is 2.13. The number of aromatic carboxylic acids is 1. The second-order valence-corrected chi connectivity index (χ2v) is 5.00. The molecule has 7 heteroatoms. The van der Waals surface area contributed by atoms with E-state index in [9.17, 15) is 13.8 Å². The molecule has 18 heavy (non-hydrogen) atoms. The fraction of sp³-hybridized carbons (Fsp3) is 0.455. The van der Waals surface area contributed by atoms with Crippen LogP contribution in [0.3, 0.4) is 0 Å². The van der Waals surface area contributed by atoms with E-state index in [2.05, 4.69) is 5.32 Å². The summed E-state index contributed by atoms with van der Waals surface area (Å²) in [6.45, 7) is 2.55. The van der Waals surface area contributed by atoms with Gasteiger partial charge in [-0.2, -0.15) is 0 Å². The molecule has 1 aromatic heterocycles. The van der Waals surface area contributed by atoms with E-state index in [1.165, 1.54) is 12.1 Å². The Morgan fingerprint density at radius 1 is 1.44 bits per heavy atom.